The first-order chi connectivity index (χ1) is 6.69. The molecule has 3 N–H and O–H groups in total. The Kier molecular flexibility index (Phi) is 4.73. The van der Waals surface area contributed by atoms with Crippen LogP contribution in [0.25, 0.3) is 0 Å². The summed E-state index contributed by atoms with van der Waals surface area (Å²) >= 11 is 13.2. The minimum absolute atomic E-state index is 0.0568. The lowest BCUT2D eigenvalue weighted by atomic mass is 10.1. The second kappa shape index (κ2) is 5.59. The summed E-state index contributed by atoms with van der Waals surface area (Å²) in [6, 6.07) is 1.76. The fourth-order valence-corrected chi connectivity index (χ4v) is 2.63. The van der Waals surface area contributed by atoms with Crippen LogP contribution in [0.15, 0.2) is 6.07 Å². The molecule has 0 bridgehead atoms. The van der Waals surface area contributed by atoms with Crippen LogP contribution < -0.4 is 11.3 Å². The molecule has 0 fully saturated rings. The zero-order chi connectivity index (χ0) is 10.6. The lowest BCUT2D eigenvalue weighted by Crippen LogP contribution is -2.27. The standard InChI is InChI=1S/C9H10Cl2N2S/c1-2-3-4-7(13-12)6-5-8(10)14-9(6)11/h5,7,13H,4,12H2,1H3. The van der Waals surface area contributed by atoms with E-state index in [1.807, 2.05) is 6.07 Å². The molecule has 2 nitrogen and oxygen atoms in total. The number of hydrogen-bond acceptors (Lipinski definition) is 3. The van der Waals surface area contributed by atoms with Crippen molar-refractivity contribution in [3.05, 3.63) is 20.3 Å². The van der Waals surface area contributed by atoms with E-state index in [0.717, 1.165) is 5.56 Å². The molecule has 0 saturated heterocycles. The number of halogens is 2. The average molecular weight is 249 g/mol. The highest BCUT2D eigenvalue weighted by molar-refractivity contribution is 7.20. The van der Waals surface area contributed by atoms with Crippen molar-refractivity contribution in [3.63, 3.8) is 0 Å². The van der Waals surface area contributed by atoms with Crippen molar-refractivity contribution >= 4 is 34.5 Å². The van der Waals surface area contributed by atoms with Gasteiger partial charge >= 0.3 is 0 Å². The maximum Gasteiger partial charge on any atom is 0.0992 e. The largest absolute Gasteiger partial charge is 0.271 e. The van der Waals surface area contributed by atoms with Crippen molar-refractivity contribution in [2.75, 3.05) is 0 Å². The number of rotatable bonds is 3. The summed E-state index contributed by atoms with van der Waals surface area (Å²) < 4.78 is 1.32. The summed E-state index contributed by atoms with van der Waals surface area (Å²) in [6.45, 7) is 1.79. The van der Waals surface area contributed by atoms with Gasteiger partial charge in [-0.15, -0.1) is 23.2 Å². The van der Waals surface area contributed by atoms with Crippen molar-refractivity contribution in [1.29, 1.82) is 0 Å². The molecule has 1 aromatic heterocycles. The van der Waals surface area contributed by atoms with Gasteiger partial charge in [0.25, 0.3) is 0 Å². The molecule has 1 heterocycles. The van der Waals surface area contributed by atoms with E-state index in [9.17, 15) is 0 Å². The highest BCUT2D eigenvalue weighted by Crippen LogP contribution is 2.35. The molecular weight excluding hydrogens is 239 g/mol. The van der Waals surface area contributed by atoms with Gasteiger partial charge in [-0.2, -0.15) is 0 Å². The van der Waals surface area contributed by atoms with Gasteiger partial charge in [0.1, 0.15) is 0 Å². The first-order valence-corrected chi connectivity index (χ1v) is 5.56. The predicted octanol–water partition coefficient (Wildman–Crippen LogP) is 2.97. The summed E-state index contributed by atoms with van der Waals surface area (Å²) in [7, 11) is 0. The first kappa shape index (κ1) is 11.8. The Hall–Kier alpha value is -0.240. The van der Waals surface area contributed by atoms with Crippen LogP contribution in [0, 0.1) is 11.8 Å². The van der Waals surface area contributed by atoms with Crippen LogP contribution in [0.2, 0.25) is 8.67 Å². The van der Waals surface area contributed by atoms with Crippen LogP contribution in [0.1, 0.15) is 24.9 Å². The Morgan fingerprint density at radius 3 is 2.79 bits per heavy atom. The van der Waals surface area contributed by atoms with Gasteiger partial charge in [0.2, 0.25) is 0 Å². The molecule has 0 aliphatic carbocycles. The summed E-state index contributed by atoms with van der Waals surface area (Å²) in [5, 5.41) is 0. The molecule has 0 spiro atoms. The van der Waals surface area contributed by atoms with E-state index >= 15 is 0 Å². The molecule has 1 unspecified atom stereocenters. The Balaban J connectivity index is 2.86. The third kappa shape index (κ3) is 2.88. The average Bonchev–Trinajstić information content (AvgIpc) is 2.47. The molecule has 1 atom stereocenters. The zero-order valence-corrected chi connectivity index (χ0v) is 9.93. The molecule has 0 aliphatic rings. The maximum absolute atomic E-state index is 5.99. The van der Waals surface area contributed by atoms with Gasteiger partial charge in [-0.25, -0.2) is 0 Å². The summed E-state index contributed by atoms with van der Waals surface area (Å²) in [5.41, 5.74) is 3.58. The lowest BCUT2D eigenvalue weighted by molar-refractivity contribution is 0.570. The normalized spacial score (nSPS) is 12.0. The highest BCUT2D eigenvalue weighted by atomic mass is 35.5. The summed E-state index contributed by atoms with van der Waals surface area (Å²) in [6.07, 6.45) is 0.625. The van der Waals surface area contributed by atoms with Crippen LogP contribution in [0.4, 0.5) is 0 Å². The Morgan fingerprint density at radius 1 is 1.64 bits per heavy atom. The van der Waals surface area contributed by atoms with Gasteiger partial charge in [0.15, 0.2) is 0 Å². The van der Waals surface area contributed by atoms with Crippen molar-refractivity contribution in [3.8, 4) is 11.8 Å². The van der Waals surface area contributed by atoms with E-state index in [1.165, 1.54) is 11.3 Å². The van der Waals surface area contributed by atoms with Crippen molar-refractivity contribution < 1.29 is 0 Å². The third-order valence-electron chi connectivity index (χ3n) is 1.74. The number of hydrazine groups is 1. The molecule has 0 radical (unpaired) electrons. The van der Waals surface area contributed by atoms with E-state index in [-0.39, 0.29) is 6.04 Å². The second-order valence-electron chi connectivity index (χ2n) is 2.63. The number of nitrogens with one attached hydrogen (secondary N) is 1. The fourth-order valence-electron chi connectivity index (χ4n) is 1.05. The molecule has 76 valence electrons. The quantitative estimate of drug-likeness (QED) is 0.491. The maximum atomic E-state index is 5.99. The third-order valence-corrected chi connectivity index (χ3v) is 3.26. The topological polar surface area (TPSA) is 38.0 Å². The number of nitrogens with two attached hydrogens (primary N) is 1. The van der Waals surface area contributed by atoms with Gasteiger partial charge < -0.3 is 0 Å². The van der Waals surface area contributed by atoms with E-state index in [2.05, 4.69) is 17.3 Å². The van der Waals surface area contributed by atoms with Crippen molar-refractivity contribution in [2.24, 2.45) is 5.84 Å². The summed E-state index contributed by atoms with van der Waals surface area (Å²) in [5.74, 6) is 11.2. The number of hydrogen-bond donors (Lipinski definition) is 2. The van der Waals surface area contributed by atoms with Crippen LogP contribution >= 0.6 is 34.5 Å². The number of thiophene rings is 1. The van der Waals surface area contributed by atoms with Gasteiger partial charge in [-0.3, -0.25) is 11.3 Å². The van der Waals surface area contributed by atoms with E-state index < -0.39 is 0 Å². The SMILES string of the molecule is CC#CCC(NN)c1cc(Cl)sc1Cl. The Morgan fingerprint density at radius 2 is 2.36 bits per heavy atom. The molecular formula is C9H10Cl2N2S. The van der Waals surface area contributed by atoms with Crippen molar-refractivity contribution in [2.45, 2.75) is 19.4 Å². The van der Waals surface area contributed by atoms with Crippen LogP contribution in [0.5, 0.6) is 0 Å². The van der Waals surface area contributed by atoms with Crippen molar-refractivity contribution in [1.82, 2.24) is 5.43 Å². The molecule has 0 amide bonds. The zero-order valence-electron chi connectivity index (χ0n) is 7.60. The molecule has 0 saturated carbocycles. The van der Waals surface area contributed by atoms with Gasteiger partial charge in [0.05, 0.1) is 14.7 Å². The smallest absolute Gasteiger partial charge is 0.0992 e. The molecule has 0 aromatic carbocycles. The predicted molar refractivity (Wildman–Crippen MR) is 62.5 cm³/mol. The molecule has 1 aromatic rings. The molecule has 0 aliphatic heterocycles. The van der Waals surface area contributed by atoms with Crippen LogP contribution in [0.3, 0.4) is 0 Å². The Labute approximate surface area is 97.4 Å². The Bertz CT molecular complexity index is 365. The minimum Gasteiger partial charge on any atom is -0.271 e. The monoisotopic (exact) mass is 248 g/mol. The fraction of sp³-hybridized carbons (Fsp3) is 0.333. The highest BCUT2D eigenvalue weighted by Gasteiger charge is 2.15. The van der Waals surface area contributed by atoms with E-state index in [4.69, 9.17) is 29.0 Å². The minimum atomic E-state index is -0.0568. The molecule has 14 heavy (non-hydrogen) atoms. The second-order valence-corrected chi connectivity index (χ2v) is 4.92. The van der Waals surface area contributed by atoms with Gasteiger partial charge in [-0.1, -0.05) is 23.2 Å². The van der Waals surface area contributed by atoms with E-state index in [0.29, 0.717) is 15.1 Å². The molecule has 5 heteroatoms. The first-order valence-electron chi connectivity index (χ1n) is 3.99. The lowest BCUT2D eigenvalue weighted by Gasteiger charge is -2.11. The van der Waals surface area contributed by atoms with E-state index in [1.54, 1.807) is 6.92 Å². The van der Waals surface area contributed by atoms with Crippen LogP contribution in [-0.2, 0) is 0 Å². The molecule has 1 rings (SSSR count). The van der Waals surface area contributed by atoms with Crippen LogP contribution in [-0.4, -0.2) is 0 Å². The summed E-state index contributed by atoms with van der Waals surface area (Å²) in [4.78, 5) is 0. The van der Waals surface area contributed by atoms with Gasteiger partial charge in [-0.05, 0) is 13.0 Å². The van der Waals surface area contributed by atoms with Gasteiger partial charge in [0, 0.05) is 12.0 Å².